The molecule has 0 amide bonds. The van der Waals surface area contributed by atoms with Gasteiger partial charge in [-0.1, -0.05) is 6.07 Å². The van der Waals surface area contributed by atoms with E-state index in [4.69, 9.17) is 14.5 Å². The maximum absolute atomic E-state index is 12.5. The zero-order valence-corrected chi connectivity index (χ0v) is 23.2. The van der Waals surface area contributed by atoms with Gasteiger partial charge < -0.3 is 29.0 Å². The highest BCUT2D eigenvalue weighted by molar-refractivity contribution is 5.81. The number of carbonyl (C=O) groups is 1. The van der Waals surface area contributed by atoms with Gasteiger partial charge in [-0.2, -0.15) is 0 Å². The van der Waals surface area contributed by atoms with Gasteiger partial charge in [0, 0.05) is 50.7 Å². The standard InChI is InChI=1S/C30H40N4O5/c1-19-15-23(18-33(3)29(19)36)28-32-25-16-21(7-8-26(25)34(28)17-22-10-13-38-14-11-22)9-12-31-27(20(2)35)30(37)39-24-5-4-6-24/h7-8,15-16,18,20,22,24,27,31,35H,4-6,9-14,17H2,1-3H3/t20-,27+/m1/s1. The molecule has 210 valence electrons. The third-order valence-electron chi connectivity index (χ3n) is 8.06. The molecule has 1 aliphatic carbocycles. The number of ether oxygens (including phenoxy) is 2. The smallest absolute Gasteiger partial charge is 0.326 e. The number of pyridine rings is 1. The normalized spacial score (nSPS) is 18.2. The first kappa shape index (κ1) is 27.6. The van der Waals surface area contributed by atoms with Crippen LogP contribution in [-0.4, -0.2) is 63.2 Å². The van der Waals surface area contributed by atoms with E-state index in [0.717, 1.165) is 79.8 Å². The Morgan fingerprint density at radius 1 is 1.23 bits per heavy atom. The third kappa shape index (κ3) is 6.26. The molecule has 9 nitrogen and oxygen atoms in total. The Morgan fingerprint density at radius 3 is 2.67 bits per heavy atom. The molecule has 1 aromatic carbocycles. The van der Waals surface area contributed by atoms with E-state index in [1.165, 1.54) is 0 Å². The Morgan fingerprint density at radius 2 is 2.00 bits per heavy atom. The van der Waals surface area contributed by atoms with E-state index in [1.54, 1.807) is 18.5 Å². The number of fused-ring (bicyclic) bond motifs is 1. The molecule has 2 aromatic heterocycles. The topological polar surface area (TPSA) is 108 Å². The number of nitrogens with one attached hydrogen (secondary N) is 1. The molecular weight excluding hydrogens is 496 g/mol. The van der Waals surface area contributed by atoms with Crippen LogP contribution in [0.25, 0.3) is 22.4 Å². The molecule has 9 heteroatoms. The van der Waals surface area contributed by atoms with E-state index in [0.29, 0.717) is 24.4 Å². The summed E-state index contributed by atoms with van der Waals surface area (Å²) in [4.78, 5) is 29.9. The fourth-order valence-corrected chi connectivity index (χ4v) is 5.47. The molecule has 2 N–H and O–H groups in total. The summed E-state index contributed by atoms with van der Waals surface area (Å²) in [5.41, 5.74) is 4.65. The third-order valence-corrected chi connectivity index (χ3v) is 8.06. The van der Waals surface area contributed by atoms with Gasteiger partial charge in [-0.05, 0) is 82.1 Å². The van der Waals surface area contributed by atoms with Crippen molar-refractivity contribution in [2.24, 2.45) is 13.0 Å². The van der Waals surface area contributed by atoms with Crippen LogP contribution in [0, 0.1) is 12.8 Å². The number of aliphatic hydroxyl groups is 1. The molecule has 0 bridgehead atoms. The van der Waals surface area contributed by atoms with E-state index < -0.39 is 12.1 Å². The lowest BCUT2D eigenvalue weighted by Crippen LogP contribution is -2.48. The van der Waals surface area contributed by atoms with Gasteiger partial charge in [0.15, 0.2) is 0 Å². The molecule has 2 fully saturated rings. The minimum absolute atomic E-state index is 0.00676. The number of imidazole rings is 1. The van der Waals surface area contributed by atoms with Gasteiger partial charge in [0.05, 0.1) is 17.1 Å². The number of aromatic nitrogens is 3. The van der Waals surface area contributed by atoms with Crippen LogP contribution in [-0.2, 0) is 34.3 Å². The van der Waals surface area contributed by atoms with Gasteiger partial charge in [0.1, 0.15) is 18.0 Å². The molecule has 0 unspecified atom stereocenters. The molecule has 2 aliphatic rings. The monoisotopic (exact) mass is 536 g/mol. The molecule has 3 heterocycles. The SMILES string of the molecule is Cc1cc(-c2nc3cc(CCN[C@H](C(=O)OC4CCC4)[C@@H](C)O)ccc3n2CC2CCOCC2)cn(C)c1=O. The predicted octanol–water partition coefficient (Wildman–Crippen LogP) is 3.11. The van der Waals surface area contributed by atoms with Crippen molar-refractivity contribution in [2.45, 2.75) is 77.2 Å². The van der Waals surface area contributed by atoms with Crippen LogP contribution in [0.5, 0.6) is 0 Å². The minimum atomic E-state index is -0.839. The highest BCUT2D eigenvalue weighted by Gasteiger charge is 2.29. The maximum atomic E-state index is 12.5. The molecule has 3 aromatic rings. The number of aliphatic hydroxyl groups excluding tert-OH is 1. The van der Waals surface area contributed by atoms with E-state index in [9.17, 15) is 14.7 Å². The second-order valence-corrected chi connectivity index (χ2v) is 11.2. The summed E-state index contributed by atoms with van der Waals surface area (Å²) in [5.74, 6) is 0.983. The quantitative estimate of drug-likeness (QED) is 0.384. The van der Waals surface area contributed by atoms with Crippen molar-refractivity contribution < 1.29 is 19.4 Å². The summed E-state index contributed by atoms with van der Waals surface area (Å²) in [7, 11) is 1.78. The van der Waals surface area contributed by atoms with Crippen molar-refractivity contribution in [3.63, 3.8) is 0 Å². The molecule has 1 aliphatic heterocycles. The summed E-state index contributed by atoms with van der Waals surface area (Å²) in [6.45, 7) is 6.38. The van der Waals surface area contributed by atoms with E-state index in [1.807, 2.05) is 19.2 Å². The average Bonchev–Trinajstić information content (AvgIpc) is 3.24. The number of hydrogen-bond acceptors (Lipinski definition) is 7. The molecule has 39 heavy (non-hydrogen) atoms. The number of nitrogens with zero attached hydrogens (tertiary/aromatic N) is 3. The van der Waals surface area contributed by atoms with Crippen molar-refractivity contribution in [1.29, 1.82) is 0 Å². The van der Waals surface area contributed by atoms with Gasteiger partial charge in [0.25, 0.3) is 5.56 Å². The van der Waals surface area contributed by atoms with Gasteiger partial charge in [0.2, 0.25) is 0 Å². The molecule has 1 saturated heterocycles. The summed E-state index contributed by atoms with van der Waals surface area (Å²) in [6.07, 6.45) is 6.61. The molecule has 5 rings (SSSR count). The van der Waals surface area contributed by atoms with Gasteiger partial charge in [-0.3, -0.25) is 9.59 Å². The number of aryl methyl sites for hydroxylation is 2. The van der Waals surface area contributed by atoms with Crippen LogP contribution in [0.3, 0.4) is 0 Å². The number of esters is 1. The largest absolute Gasteiger partial charge is 0.461 e. The number of hydrogen-bond donors (Lipinski definition) is 2. The number of carbonyl (C=O) groups excluding carboxylic acids is 1. The summed E-state index contributed by atoms with van der Waals surface area (Å²) in [6, 6.07) is 7.50. The van der Waals surface area contributed by atoms with Gasteiger partial charge in [-0.15, -0.1) is 0 Å². The number of rotatable bonds is 10. The summed E-state index contributed by atoms with van der Waals surface area (Å²) >= 11 is 0. The maximum Gasteiger partial charge on any atom is 0.326 e. The van der Waals surface area contributed by atoms with Crippen molar-refractivity contribution in [3.05, 3.63) is 51.9 Å². The zero-order valence-electron chi connectivity index (χ0n) is 23.2. The van der Waals surface area contributed by atoms with E-state index in [-0.39, 0.29) is 17.6 Å². The Hall–Kier alpha value is -3.01. The lowest BCUT2D eigenvalue weighted by Gasteiger charge is -2.28. The molecule has 1 saturated carbocycles. The summed E-state index contributed by atoms with van der Waals surface area (Å²) < 4.78 is 15.0. The Labute approximate surface area is 229 Å². The fraction of sp³-hybridized carbons (Fsp3) is 0.567. The first-order valence-electron chi connectivity index (χ1n) is 14.2. The average molecular weight is 537 g/mol. The molecule has 0 spiro atoms. The first-order valence-corrected chi connectivity index (χ1v) is 14.2. The molecular formula is C30H40N4O5. The lowest BCUT2D eigenvalue weighted by atomic mass is 9.96. The second kappa shape index (κ2) is 12.0. The first-order chi connectivity index (χ1) is 18.8. The Bertz CT molecular complexity index is 1340. The van der Waals surface area contributed by atoms with Crippen molar-refractivity contribution in [2.75, 3.05) is 19.8 Å². The van der Waals surface area contributed by atoms with Crippen LogP contribution < -0.4 is 10.9 Å². The molecule has 2 atom stereocenters. The van der Waals surface area contributed by atoms with Crippen LogP contribution in [0.15, 0.2) is 35.3 Å². The summed E-state index contributed by atoms with van der Waals surface area (Å²) in [5, 5.41) is 13.3. The van der Waals surface area contributed by atoms with E-state index in [2.05, 4.69) is 28.1 Å². The van der Waals surface area contributed by atoms with E-state index >= 15 is 0 Å². The lowest BCUT2D eigenvalue weighted by molar-refractivity contribution is -0.158. The van der Waals surface area contributed by atoms with Crippen LogP contribution in [0.2, 0.25) is 0 Å². The van der Waals surface area contributed by atoms with Gasteiger partial charge >= 0.3 is 5.97 Å². The van der Waals surface area contributed by atoms with Crippen LogP contribution >= 0.6 is 0 Å². The van der Waals surface area contributed by atoms with Crippen molar-refractivity contribution in [1.82, 2.24) is 19.4 Å². The minimum Gasteiger partial charge on any atom is -0.461 e. The Kier molecular flexibility index (Phi) is 8.49. The van der Waals surface area contributed by atoms with Gasteiger partial charge in [-0.25, -0.2) is 4.98 Å². The second-order valence-electron chi connectivity index (χ2n) is 11.2. The highest BCUT2D eigenvalue weighted by atomic mass is 16.5. The molecule has 0 radical (unpaired) electrons. The Balaban J connectivity index is 1.37. The van der Waals surface area contributed by atoms with Crippen molar-refractivity contribution >= 4 is 17.0 Å². The fourth-order valence-electron chi connectivity index (χ4n) is 5.47. The zero-order chi connectivity index (χ0) is 27.5. The van der Waals surface area contributed by atoms with Crippen molar-refractivity contribution in [3.8, 4) is 11.4 Å². The predicted molar refractivity (Wildman–Crippen MR) is 150 cm³/mol. The number of benzene rings is 1. The van der Waals surface area contributed by atoms with Crippen LogP contribution in [0.4, 0.5) is 0 Å². The highest BCUT2D eigenvalue weighted by Crippen LogP contribution is 2.29. The van der Waals surface area contributed by atoms with Crippen LogP contribution in [0.1, 0.15) is 50.2 Å².